The van der Waals surface area contributed by atoms with Crippen LogP contribution in [-0.4, -0.2) is 22.0 Å². The van der Waals surface area contributed by atoms with Crippen molar-refractivity contribution in [3.63, 3.8) is 0 Å². The lowest BCUT2D eigenvalue weighted by atomic mass is 9.71. The van der Waals surface area contributed by atoms with E-state index in [0.717, 1.165) is 19.3 Å². The van der Waals surface area contributed by atoms with Crippen LogP contribution in [0.2, 0.25) is 0 Å². The number of nitrogens with zero attached hydrogens (tertiary/aromatic N) is 1. The number of aromatic nitrogens is 1. The first-order valence-corrected chi connectivity index (χ1v) is 8.45. The molecule has 1 aromatic heterocycles. The van der Waals surface area contributed by atoms with Crippen molar-refractivity contribution in [3.05, 3.63) is 24.1 Å². The van der Waals surface area contributed by atoms with Gasteiger partial charge in [-0.25, -0.2) is 4.98 Å². The van der Waals surface area contributed by atoms with Crippen molar-refractivity contribution in [2.24, 2.45) is 5.41 Å². The summed E-state index contributed by atoms with van der Waals surface area (Å²) in [7, 11) is 0. The number of hydrogen-bond acceptors (Lipinski definition) is 4. The minimum atomic E-state index is -0.921. The Morgan fingerprint density at radius 1 is 1.29 bits per heavy atom. The molecule has 2 N–H and O–H groups in total. The zero-order chi connectivity index (χ0) is 17.2. The van der Waals surface area contributed by atoms with Crippen LogP contribution in [0.25, 0.3) is 11.1 Å². The van der Waals surface area contributed by atoms with Crippen LogP contribution < -0.4 is 5.32 Å². The van der Waals surface area contributed by atoms with Crippen LogP contribution in [-0.2, 0) is 16.0 Å². The molecule has 0 saturated heterocycles. The first kappa shape index (κ1) is 16.5. The van der Waals surface area contributed by atoms with Crippen molar-refractivity contribution in [2.45, 2.75) is 51.9 Å². The van der Waals surface area contributed by atoms with Gasteiger partial charge in [0, 0.05) is 18.5 Å². The predicted molar refractivity (Wildman–Crippen MR) is 89.8 cm³/mol. The SMILES string of the molecule is CCc1nc2cc(NC(=O)CC3(C(=O)O)CCCCC3)ccc2o1. The molecule has 0 unspecified atom stereocenters. The summed E-state index contributed by atoms with van der Waals surface area (Å²) in [6, 6.07) is 5.27. The van der Waals surface area contributed by atoms with Gasteiger partial charge in [-0.05, 0) is 31.0 Å². The number of carboxylic acids is 1. The van der Waals surface area contributed by atoms with Crippen molar-refractivity contribution in [2.75, 3.05) is 5.32 Å². The van der Waals surface area contributed by atoms with E-state index >= 15 is 0 Å². The van der Waals surface area contributed by atoms with E-state index < -0.39 is 11.4 Å². The molecule has 1 amide bonds. The van der Waals surface area contributed by atoms with E-state index in [9.17, 15) is 14.7 Å². The lowest BCUT2D eigenvalue weighted by Crippen LogP contribution is -2.37. The zero-order valence-electron chi connectivity index (χ0n) is 13.8. The third kappa shape index (κ3) is 3.27. The van der Waals surface area contributed by atoms with E-state index in [4.69, 9.17) is 4.42 Å². The molecule has 0 bridgehead atoms. The molecular weight excluding hydrogens is 308 g/mol. The second-order valence-corrected chi connectivity index (χ2v) is 6.51. The Bertz CT molecular complexity index is 759. The fourth-order valence-corrected chi connectivity index (χ4v) is 3.41. The van der Waals surface area contributed by atoms with Gasteiger partial charge < -0.3 is 14.8 Å². The van der Waals surface area contributed by atoms with Crippen LogP contribution in [0.4, 0.5) is 5.69 Å². The van der Waals surface area contributed by atoms with Gasteiger partial charge in [0.15, 0.2) is 11.5 Å². The van der Waals surface area contributed by atoms with E-state index in [1.54, 1.807) is 18.2 Å². The molecule has 6 nitrogen and oxygen atoms in total. The normalized spacial score (nSPS) is 16.9. The van der Waals surface area contributed by atoms with Crippen LogP contribution in [0, 0.1) is 5.41 Å². The molecule has 1 aliphatic rings. The summed E-state index contributed by atoms with van der Waals surface area (Å²) in [6.45, 7) is 1.96. The Labute approximate surface area is 140 Å². The number of nitrogens with one attached hydrogen (secondary N) is 1. The van der Waals surface area contributed by atoms with Crippen LogP contribution in [0.3, 0.4) is 0 Å². The predicted octanol–water partition coefficient (Wildman–Crippen LogP) is 3.75. The first-order valence-electron chi connectivity index (χ1n) is 8.45. The molecule has 128 valence electrons. The lowest BCUT2D eigenvalue weighted by Gasteiger charge is -2.32. The highest BCUT2D eigenvalue weighted by Crippen LogP contribution is 2.39. The molecule has 1 heterocycles. The number of rotatable bonds is 5. The minimum Gasteiger partial charge on any atom is -0.481 e. The number of hydrogen-bond donors (Lipinski definition) is 2. The number of aliphatic carboxylic acids is 1. The van der Waals surface area contributed by atoms with E-state index in [0.29, 0.717) is 41.9 Å². The number of amides is 1. The number of oxazole rings is 1. The molecule has 0 radical (unpaired) electrons. The molecule has 0 atom stereocenters. The van der Waals surface area contributed by atoms with Gasteiger partial charge in [0.25, 0.3) is 0 Å². The zero-order valence-corrected chi connectivity index (χ0v) is 13.8. The van der Waals surface area contributed by atoms with Gasteiger partial charge in [-0.15, -0.1) is 0 Å². The van der Waals surface area contributed by atoms with Crippen molar-refractivity contribution in [3.8, 4) is 0 Å². The van der Waals surface area contributed by atoms with Crippen LogP contribution in [0.5, 0.6) is 0 Å². The molecule has 6 heteroatoms. The highest BCUT2D eigenvalue weighted by atomic mass is 16.4. The molecule has 1 saturated carbocycles. The third-order valence-corrected chi connectivity index (χ3v) is 4.78. The number of benzene rings is 1. The average molecular weight is 330 g/mol. The summed E-state index contributed by atoms with van der Waals surface area (Å²) in [5.74, 6) is -0.477. The van der Waals surface area contributed by atoms with E-state index in [2.05, 4.69) is 10.3 Å². The van der Waals surface area contributed by atoms with Gasteiger partial charge in [0.1, 0.15) is 5.52 Å². The van der Waals surface area contributed by atoms with Gasteiger partial charge in [-0.3, -0.25) is 9.59 Å². The summed E-state index contributed by atoms with van der Waals surface area (Å²) in [5.41, 5.74) is 1.06. The number of carbonyl (C=O) groups excluding carboxylic acids is 1. The maximum Gasteiger partial charge on any atom is 0.310 e. The maximum absolute atomic E-state index is 12.4. The highest BCUT2D eigenvalue weighted by molar-refractivity contribution is 5.95. The second-order valence-electron chi connectivity index (χ2n) is 6.51. The van der Waals surface area contributed by atoms with Crippen molar-refractivity contribution < 1.29 is 19.1 Å². The molecule has 2 aromatic rings. The lowest BCUT2D eigenvalue weighted by molar-refractivity contribution is -0.153. The van der Waals surface area contributed by atoms with Gasteiger partial charge in [0.2, 0.25) is 5.91 Å². The average Bonchev–Trinajstić information content (AvgIpc) is 2.97. The van der Waals surface area contributed by atoms with E-state index in [1.165, 1.54) is 0 Å². The van der Waals surface area contributed by atoms with E-state index in [1.807, 2.05) is 6.92 Å². The maximum atomic E-state index is 12.4. The first-order chi connectivity index (χ1) is 11.5. The Hall–Kier alpha value is -2.37. The topological polar surface area (TPSA) is 92.4 Å². The fraction of sp³-hybridized carbons (Fsp3) is 0.500. The van der Waals surface area contributed by atoms with E-state index in [-0.39, 0.29) is 12.3 Å². The quantitative estimate of drug-likeness (QED) is 0.871. The molecule has 3 rings (SSSR count). The molecule has 24 heavy (non-hydrogen) atoms. The van der Waals surface area contributed by atoms with Crippen LogP contribution in [0.15, 0.2) is 22.6 Å². The Morgan fingerprint density at radius 3 is 2.71 bits per heavy atom. The Kier molecular flexibility index (Phi) is 4.55. The number of aryl methyl sites for hydroxylation is 1. The van der Waals surface area contributed by atoms with Crippen molar-refractivity contribution in [1.29, 1.82) is 0 Å². The van der Waals surface area contributed by atoms with Gasteiger partial charge >= 0.3 is 5.97 Å². The summed E-state index contributed by atoms with van der Waals surface area (Å²) in [4.78, 5) is 28.4. The van der Waals surface area contributed by atoms with Crippen LogP contribution in [0.1, 0.15) is 51.3 Å². The summed E-state index contributed by atoms with van der Waals surface area (Å²) in [5, 5.41) is 12.4. The molecular formula is C18H22N2O4. The number of carbonyl (C=O) groups is 2. The molecule has 1 fully saturated rings. The molecule has 1 aliphatic carbocycles. The number of fused-ring (bicyclic) bond motifs is 1. The standard InChI is InChI=1S/C18H22N2O4/c1-2-16-20-13-10-12(6-7-14(13)24-16)19-15(21)11-18(17(22)23)8-4-3-5-9-18/h6-7,10H,2-5,8-9,11H2,1H3,(H,19,21)(H,22,23). The van der Waals surface area contributed by atoms with Gasteiger partial charge in [-0.2, -0.15) is 0 Å². The summed E-state index contributed by atoms with van der Waals surface area (Å²) < 4.78 is 5.54. The smallest absolute Gasteiger partial charge is 0.310 e. The summed E-state index contributed by atoms with van der Waals surface area (Å²) >= 11 is 0. The Balaban J connectivity index is 1.72. The van der Waals surface area contributed by atoms with Crippen molar-refractivity contribution >= 4 is 28.7 Å². The van der Waals surface area contributed by atoms with Crippen molar-refractivity contribution in [1.82, 2.24) is 4.98 Å². The number of carboxylic acid groups (broad SMARTS) is 1. The molecule has 1 aromatic carbocycles. The Morgan fingerprint density at radius 2 is 2.04 bits per heavy atom. The van der Waals surface area contributed by atoms with Gasteiger partial charge in [0.05, 0.1) is 5.41 Å². The molecule has 0 spiro atoms. The summed E-state index contributed by atoms with van der Waals surface area (Å²) in [6.07, 6.45) is 4.63. The minimum absolute atomic E-state index is 0.0133. The highest BCUT2D eigenvalue weighted by Gasteiger charge is 2.41. The largest absolute Gasteiger partial charge is 0.481 e. The third-order valence-electron chi connectivity index (χ3n) is 4.78. The second kappa shape index (κ2) is 6.63. The van der Waals surface area contributed by atoms with Gasteiger partial charge in [-0.1, -0.05) is 26.2 Å². The molecule has 0 aliphatic heterocycles. The van der Waals surface area contributed by atoms with Crippen LogP contribution >= 0.6 is 0 Å². The number of anilines is 1. The monoisotopic (exact) mass is 330 g/mol. The fourth-order valence-electron chi connectivity index (χ4n) is 3.41.